The van der Waals surface area contributed by atoms with Crippen molar-refractivity contribution in [3.8, 4) is 0 Å². The van der Waals surface area contributed by atoms with Crippen LogP contribution in [0.25, 0.3) is 0 Å². The fourth-order valence-corrected chi connectivity index (χ4v) is 2.04. The number of amides is 2. The highest BCUT2D eigenvalue weighted by atomic mass is 35.5. The van der Waals surface area contributed by atoms with Crippen LogP contribution in [0.15, 0.2) is 18.2 Å². The smallest absolute Gasteiger partial charge is 0.326 e. The van der Waals surface area contributed by atoms with Crippen molar-refractivity contribution in [3.05, 3.63) is 33.8 Å². The first kappa shape index (κ1) is 16.3. The molecule has 8 heteroatoms. The maximum Gasteiger partial charge on any atom is 0.326 e. The molecule has 108 valence electrons. The molecule has 0 saturated heterocycles. The molecule has 0 spiro atoms. The van der Waals surface area contributed by atoms with E-state index in [2.05, 4.69) is 5.32 Å². The summed E-state index contributed by atoms with van der Waals surface area (Å²) in [6.07, 6.45) is -0.682. The minimum absolute atomic E-state index is 0.193. The highest BCUT2D eigenvalue weighted by Gasteiger charge is 2.22. The third-order valence-corrected chi connectivity index (χ3v) is 3.15. The second kappa shape index (κ2) is 7.12. The molecule has 0 saturated carbocycles. The molecule has 0 bridgehead atoms. The number of hydrogen-bond acceptors (Lipinski definition) is 3. The molecule has 1 aromatic rings. The number of primary amides is 1. The molecule has 0 fully saturated rings. The zero-order valence-corrected chi connectivity index (χ0v) is 11.7. The van der Waals surface area contributed by atoms with Gasteiger partial charge in [-0.3, -0.25) is 9.59 Å². The minimum Gasteiger partial charge on any atom is -0.480 e. The predicted octanol–water partition coefficient (Wildman–Crippen LogP) is 0.981. The Morgan fingerprint density at radius 3 is 2.25 bits per heavy atom. The van der Waals surface area contributed by atoms with Crippen LogP contribution < -0.4 is 11.1 Å². The highest BCUT2D eigenvalue weighted by molar-refractivity contribution is 6.36. The summed E-state index contributed by atoms with van der Waals surface area (Å²) in [5.41, 5.74) is 5.30. The molecule has 1 aromatic carbocycles. The van der Waals surface area contributed by atoms with Crippen LogP contribution >= 0.6 is 23.2 Å². The summed E-state index contributed by atoms with van der Waals surface area (Å²) in [4.78, 5) is 33.4. The molecule has 2 amide bonds. The van der Waals surface area contributed by atoms with Gasteiger partial charge < -0.3 is 16.2 Å². The largest absolute Gasteiger partial charge is 0.480 e. The van der Waals surface area contributed by atoms with Crippen LogP contribution in [0.1, 0.15) is 12.0 Å². The second-order valence-corrected chi connectivity index (χ2v) is 4.82. The number of carboxylic acids is 1. The van der Waals surface area contributed by atoms with Crippen LogP contribution in [-0.4, -0.2) is 28.9 Å². The molecule has 6 nitrogen and oxygen atoms in total. The molecule has 0 aliphatic carbocycles. The van der Waals surface area contributed by atoms with Gasteiger partial charge in [0, 0.05) is 10.0 Å². The van der Waals surface area contributed by atoms with Gasteiger partial charge in [-0.05, 0) is 17.7 Å². The van der Waals surface area contributed by atoms with Gasteiger partial charge in [0.05, 0.1) is 12.8 Å². The van der Waals surface area contributed by atoms with Crippen molar-refractivity contribution in [1.29, 1.82) is 0 Å². The number of nitrogens with two attached hydrogens (primary N) is 1. The van der Waals surface area contributed by atoms with Gasteiger partial charge in [-0.1, -0.05) is 29.3 Å². The standard InChI is InChI=1S/C12H12Cl2N2O4/c13-7-2-1-3-8(14)6(7)4-11(18)16-9(12(19)20)5-10(15)17/h1-3,9H,4-5H2,(H2,15,17)(H,16,18)(H,19,20). The van der Waals surface area contributed by atoms with Crippen LogP contribution in [0.5, 0.6) is 0 Å². The van der Waals surface area contributed by atoms with Crippen molar-refractivity contribution in [2.45, 2.75) is 18.9 Å². The lowest BCUT2D eigenvalue weighted by molar-refractivity contribution is -0.143. The minimum atomic E-state index is -1.37. The summed E-state index contributed by atoms with van der Waals surface area (Å²) in [6.45, 7) is 0. The van der Waals surface area contributed by atoms with Crippen molar-refractivity contribution in [2.24, 2.45) is 5.73 Å². The van der Waals surface area contributed by atoms with Gasteiger partial charge in [0.15, 0.2) is 0 Å². The Morgan fingerprint density at radius 1 is 1.25 bits per heavy atom. The van der Waals surface area contributed by atoms with Gasteiger partial charge in [0.2, 0.25) is 11.8 Å². The number of carbonyl (C=O) groups excluding carboxylic acids is 2. The fourth-order valence-electron chi connectivity index (χ4n) is 1.51. The molecule has 0 aliphatic rings. The summed E-state index contributed by atoms with van der Waals surface area (Å²) < 4.78 is 0. The van der Waals surface area contributed by atoms with Crippen molar-refractivity contribution < 1.29 is 19.5 Å². The van der Waals surface area contributed by atoms with E-state index in [1.54, 1.807) is 18.2 Å². The average Bonchev–Trinajstić information content (AvgIpc) is 2.32. The Morgan fingerprint density at radius 2 is 1.80 bits per heavy atom. The Kier molecular flexibility index (Phi) is 5.79. The van der Waals surface area contributed by atoms with E-state index in [0.29, 0.717) is 15.6 Å². The first-order chi connectivity index (χ1) is 9.31. The van der Waals surface area contributed by atoms with E-state index < -0.39 is 30.2 Å². The fraction of sp³-hybridized carbons (Fsp3) is 0.250. The monoisotopic (exact) mass is 318 g/mol. The molecule has 1 rings (SSSR count). The van der Waals surface area contributed by atoms with Crippen molar-refractivity contribution in [3.63, 3.8) is 0 Å². The van der Waals surface area contributed by atoms with E-state index in [0.717, 1.165) is 0 Å². The van der Waals surface area contributed by atoms with Crippen LogP contribution in [0.2, 0.25) is 10.0 Å². The second-order valence-electron chi connectivity index (χ2n) is 4.01. The third-order valence-electron chi connectivity index (χ3n) is 2.44. The molecule has 0 aliphatic heterocycles. The molecule has 0 aromatic heterocycles. The van der Waals surface area contributed by atoms with Crippen LogP contribution in [0.3, 0.4) is 0 Å². The van der Waals surface area contributed by atoms with Gasteiger partial charge >= 0.3 is 5.97 Å². The summed E-state index contributed by atoms with van der Waals surface area (Å²) in [6, 6.07) is 3.38. The van der Waals surface area contributed by atoms with E-state index in [9.17, 15) is 14.4 Å². The first-order valence-corrected chi connectivity index (χ1v) is 6.30. The quantitative estimate of drug-likeness (QED) is 0.726. The van der Waals surface area contributed by atoms with E-state index >= 15 is 0 Å². The zero-order chi connectivity index (χ0) is 15.3. The molecule has 0 heterocycles. The van der Waals surface area contributed by atoms with Crippen molar-refractivity contribution >= 4 is 41.0 Å². The third kappa shape index (κ3) is 4.71. The van der Waals surface area contributed by atoms with Gasteiger partial charge in [-0.15, -0.1) is 0 Å². The van der Waals surface area contributed by atoms with Gasteiger partial charge in [0.1, 0.15) is 6.04 Å². The molecular formula is C12H12Cl2N2O4. The summed E-state index contributed by atoms with van der Waals surface area (Å²) in [5, 5.41) is 11.7. The number of carboxylic acid groups (broad SMARTS) is 1. The van der Waals surface area contributed by atoms with Crippen LogP contribution in [0, 0.1) is 0 Å². The van der Waals surface area contributed by atoms with Crippen molar-refractivity contribution in [2.75, 3.05) is 0 Å². The Hall–Kier alpha value is -1.79. The van der Waals surface area contributed by atoms with E-state index in [-0.39, 0.29) is 6.42 Å². The number of nitrogens with one attached hydrogen (secondary N) is 1. The predicted molar refractivity (Wildman–Crippen MR) is 73.5 cm³/mol. The number of carbonyl (C=O) groups is 3. The van der Waals surface area contributed by atoms with Crippen molar-refractivity contribution in [1.82, 2.24) is 5.32 Å². The molecule has 1 unspecified atom stereocenters. The molecule has 1 atom stereocenters. The Balaban J connectivity index is 2.76. The highest BCUT2D eigenvalue weighted by Crippen LogP contribution is 2.24. The average molecular weight is 319 g/mol. The first-order valence-electron chi connectivity index (χ1n) is 5.54. The van der Waals surface area contributed by atoms with E-state index in [1.165, 1.54) is 0 Å². The number of hydrogen-bond donors (Lipinski definition) is 3. The Labute approximate surface area is 124 Å². The number of aliphatic carboxylic acids is 1. The maximum absolute atomic E-state index is 11.8. The summed E-state index contributed by atoms with van der Waals surface area (Å²) >= 11 is 11.8. The lowest BCUT2D eigenvalue weighted by atomic mass is 10.1. The lowest BCUT2D eigenvalue weighted by Gasteiger charge is -2.13. The SMILES string of the molecule is NC(=O)CC(NC(=O)Cc1c(Cl)cccc1Cl)C(=O)O. The zero-order valence-electron chi connectivity index (χ0n) is 10.2. The summed E-state index contributed by atoms with van der Waals surface area (Å²) in [5.74, 6) is -2.79. The molecular weight excluding hydrogens is 307 g/mol. The van der Waals surface area contributed by atoms with Gasteiger partial charge in [-0.25, -0.2) is 4.79 Å². The lowest BCUT2D eigenvalue weighted by Crippen LogP contribution is -2.43. The van der Waals surface area contributed by atoms with E-state index in [1.807, 2.05) is 0 Å². The number of rotatable bonds is 6. The molecule has 20 heavy (non-hydrogen) atoms. The van der Waals surface area contributed by atoms with Crippen LogP contribution in [-0.2, 0) is 20.8 Å². The van der Waals surface area contributed by atoms with Gasteiger partial charge in [-0.2, -0.15) is 0 Å². The van der Waals surface area contributed by atoms with Gasteiger partial charge in [0.25, 0.3) is 0 Å². The normalized spacial score (nSPS) is 11.7. The number of halogens is 2. The molecule has 4 N–H and O–H groups in total. The van der Waals surface area contributed by atoms with Crippen LogP contribution in [0.4, 0.5) is 0 Å². The topological polar surface area (TPSA) is 109 Å². The number of benzene rings is 1. The summed E-state index contributed by atoms with van der Waals surface area (Å²) in [7, 11) is 0. The Bertz CT molecular complexity index is 528. The maximum atomic E-state index is 11.8. The molecule has 0 radical (unpaired) electrons. The van der Waals surface area contributed by atoms with E-state index in [4.69, 9.17) is 34.0 Å².